The number of hydrogen-bond donors (Lipinski definition) is 0. The minimum Gasteiger partial charge on any atom is -0.493 e. The van der Waals surface area contributed by atoms with Crippen LogP contribution in [0.1, 0.15) is 34.8 Å². The molecule has 0 radical (unpaired) electrons. The molecule has 11 heteroatoms. The van der Waals surface area contributed by atoms with Gasteiger partial charge in [0, 0.05) is 42.4 Å². The van der Waals surface area contributed by atoms with Crippen LogP contribution in [0.4, 0.5) is 0 Å². The largest absolute Gasteiger partial charge is 0.493 e. The van der Waals surface area contributed by atoms with E-state index in [2.05, 4.69) is 9.59 Å². The topological polar surface area (TPSA) is 108 Å². The average Bonchev–Trinajstić information content (AvgIpc) is 3.22. The first-order valence-corrected chi connectivity index (χ1v) is 11.6. The van der Waals surface area contributed by atoms with E-state index in [1.807, 2.05) is 0 Å². The van der Waals surface area contributed by atoms with E-state index >= 15 is 0 Å². The molecule has 1 aliphatic rings. The zero-order valence-corrected chi connectivity index (χ0v) is 18.3. The normalized spacial score (nSPS) is 17.1. The van der Waals surface area contributed by atoms with Crippen molar-refractivity contribution in [2.24, 2.45) is 0 Å². The third kappa shape index (κ3) is 4.30. The fourth-order valence-corrected chi connectivity index (χ4v) is 5.20. The maximum absolute atomic E-state index is 13.2. The van der Waals surface area contributed by atoms with Crippen LogP contribution in [0, 0.1) is 0 Å². The molecule has 0 unspecified atom stereocenters. The van der Waals surface area contributed by atoms with Crippen molar-refractivity contribution in [3.05, 3.63) is 23.4 Å². The minimum atomic E-state index is -3.41. The van der Waals surface area contributed by atoms with Crippen molar-refractivity contribution in [3.8, 4) is 17.2 Å². The Morgan fingerprint density at radius 1 is 1.17 bits per heavy atom. The van der Waals surface area contributed by atoms with Crippen molar-refractivity contribution in [1.29, 1.82) is 0 Å². The summed E-state index contributed by atoms with van der Waals surface area (Å²) in [6.45, 7) is 0.932. The molecule has 1 atom stereocenters. The number of ether oxygens (including phenoxy) is 3. The Labute approximate surface area is 173 Å². The molecule has 2 aromatic rings. The van der Waals surface area contributed by atoms with Crippen LogP contribution >= 0.6 is 11.5 Å². The van der Waals surface area contributed by atoms with Crippen molar-refractivity contribution in [2.45, 2.75) is 23.0 Å². The predicted molar refractivity (Wildman–Crippen MR) is 107 cm³/mol. The summed E-state index contributed by atoms with van der Waals surface area (Å²) in [4.78, 5) is 14.8. The lowest BCUT2D eigenvalue weighted by atomic mass is 9.95. The van der Waals surface area contributed by atoms with Gasteiger partial charge in [0.2, 0.25) is 5.75 Å². The number of hydrogen-bond acceptors (Lipinski definition) is 9. The summed E-state index contributed by atoms with van der Waals surface area (Å²) >= 11 is 0.871. The van der Waals surface area contributed by atoms with Gasteiger partial charge in [-0.15, -0.1) is 5.10 Å². The first-order valence-electron chi connectivity index (χ1n) is 8.91. The monoisotopic (exact) mass is 441 g/mol. The Kier molecular flexibility index (Phi) is 6.27. The maximum Gasteiger partial charge on any atom is 0.254 e. The van der Waals surface area contributed by atoms with Crippen molar-refractivity contribution >= 4 is 27.3 Å². The lowest BCUT2D eigenvalue weighted by Crippen LogP contribution is -2.39. The quantitative estimate of drug-likeness (QED) is 0.670. The summed E-state index contributed by atoms with van der Waals surface area (Å²) in [5.74, 6) is 0.823. The number of carbonyl (C=O) groups is 1. The Balaban J connectivity index is 1.88. The SMILES string of the molecule is COc1cc(C(=O)N2CCC[C@H](c3nnsc3S(C)(=O)=O)C2)cc(OC)c1OC. The summed E-state index contributed by atoms with van der Waals surface area (Å²) in [6, 6.07) is 3.22. The van der Waals surface area contributed by atoms with E-state index in [-0.39, 0.29) is 16.0 Å². The third-order valence-electron chi connectivity index (χ3n) is 4.83. The van der Waals surface area contributed by atoms with E-state index in [1.54, 1.807) is 17.0 Å². The highest BCUT2D eigenvalue weighted by Gasteiger charge is 2.32. The van der Waals surface area contributed by atoms with Crippen molar-refractivity contribution < 1.29 is 27.4 Å². The molecule has 0 aliphatic carbocycles. The van der Waals surface area contributed by atoms with Gasteiger partial charge in [-0.2, -0.15) is 0 Å². The van der Waals surface area contributed by atoms with E-state index in [9.17, 15) is 13.2 Å². The zero-order valence-electron chi connectivity index (χ0n) is 16.7. The third-order valence-corrected chi connectivity index (χ3v) is 7.38. The van der Waals surface area contributed by atoms with E-state index in [0.717, 1.165) is 30.6 Å². The van der Waals surface area contributed by atoms with Gasteiger partial charge in [-0.25, -0.2) is 8.42 Å². The number of amides is 1. The summed E-state index contributed by atoms with van der Waals surface area (Å²) < 4.78 is 44.0. The molecule has 1 fully saturated rings. The highest BCUT2D eigenvalue weighted by Crippen LogP contribution is 2.39. The number of aromatic nitrogens is 2. The van der Waals surface area contributed by atoms with Gasteiger partial charge < -0.3 is 19.1 Å². The molecule has 0 spiro atoms. The van der Waals surface area contributed by atoms with Gasteiger partial charge in [0.15, 0.2) is 25.5 Å². The zero-order chi connectivity index (χ0) is 21.2. The van der Waals surface area contributed by atoms with Gasteiger partial charge >= 0.3 is 0 Å². The molecular formula is C18H23N3O6S2. The molecule has 1 saturated heterocycles. The second-order valence-electron chi connectivity index (χ2n) is 6.72. The highest BCUT2D eigenvalue weighted by molar-refractivity contribution is 7.92. The summed E-state index contributed by atoms with van der Waals surface area (Å²) in [7, 11) is 1.07. The van der Waals surface area contributed by atoms with Crippen LogP contribution < -0.4 is 14.2 Å². The first-order chi connectivity index (χ1) is 13.8. The molecule has 1 aliphatic heterocycles. The maximum atomic E-state index is 13.2. The smallest absolute Gasteiger partial charge is 0.254 e. The molecule has 158 valence electrons. The van der Waals surface area contributed by atoms with Gasteiger partial charge in [-0.05, 0) is 25.0 Å². The van der Waals surface area contributed by atoms with Crippen molar-refractivity contribution in [1.82, 2.24) is 14.5 Å². The molecule has 3 rings (SSSR count). The Bertz CT molecular complexity index is 980. The first kappa shape index (κ1) is 21.3. The molecule has 1 amide bonds. The standard InChI is InChI=1S/C18H23N3O6S2/c1-25-13-8-12(9-14(26-2)16(13)27-3)17(22)21-7-5-6-11(10-21)15-18(28-20-19-15)29(4,23)24/h8-9,11H,5-7,10H2,1-4H3/t11-/m0/s1. The van der Waals surface area contributed by atoms with Crippen LogP contribution in [0.25, 0.3) is 0 Å². The van der Waals surface area contributed by atoms with Crippen molar-refractivity contribution in [3.63, 3.8) is 0 Å². The average molecular weight is 442 g/mol. The van der Waals surface area contributed by atoms with Crippen LogP contribution in [-0.4, -0.2) is 69.5 Å². The number of nitrogens with zero attached hydrogens (tertiary/aromatic N) is 3. The fraction of sp³-hybridized carbons (Fsp3) is 0.500. The van der Waals surface area contributed by atoms with Gasteiger partial charge in [0.05, 0.1) is 27.0 Å². The fourth-order valence-electron chi connectivity index (χ4n) is 3.47. The predicted octanol–water partition coefficient (Wildman–Crippen LogP) is 1.99. The van der Waals surface area contributed by atoms with Gasteiger partial charge in [-0.1, -0.05) is 4.49 Å². The van der Waals surface area contributed by atoms with Crippen LogP contribution in [-0.2, 0) is 9.84 Å². The van der Waals surface area contributed by atoms with Crippen molar-refractivity contribution in [2.75, 3.05) is 40.7 Å². The number of sulfone groups is 1. The molecule has 0 bridgehead atoms. The summed E-state index contributed by atoms with van der Waals surface area (Å²) in [5, 5.41) is 4.05. The van der Waals surface area contributed by atoms with E-state index in [0.29, 0.717) is 41.6 Å². The van der Waals surface area contributed by atoms with Crippen LogP contribution in [0.5, 0.6) is 17.2 Å². The van der Waals surface area contributed by atoms with Gasteiger partial charge in [0.25, 0.3) is 5.91 Å². The van der Waals surface area contributed by atoms with E-state index < -0.39 is 9.84 Å². The molecule has 2 heterocycles. The molecular weight excluding hydrogens is 418 g/mol. The molecule has 29 heavy (non-hydrogen) atoms. The molecule has 1 aromatic carbocycles. The number of rotatable bonds is 6. The lowest BCUT2D eigenvalue weighted by Gasteiger charge is -2.32. The molecule has 9 nitrogen and oxygen atoms in total. The Morgan fingerprint density at radius 3 is 2.38 bits per heavy atom. The van der Waals surface area contributed by atoms with Crippen LogP contribution in [0.3, 0.4) is 0 Å². The lowest BCUT2D eigenvalue weighted by molar-refractivity contribution is 0.0704. The summed E-state index contributed by atoms with van der Waals surface area (Å²) in [5.41, 5.74) is 0.847. The van der Waals surface area contributed by atoms with Crippen LogP contribution in [0.2, 0.25) is 0 Å². The number of piperidine rings is 1. The van der Waals surface area contributed by atoms with Crippen LogP contribution in [0.15, 0.2) is 16.3 Å². The summed E-state index contributed by atoms with van der Waals surface area (Å²) in [6.07, 6.45) is 2.63. The molecule has 0 saturated carbocycles. The Hall–Kier alpha value is -2.40. The number of methoxy groups -OCH3 is 3. The molecule has 0 N–H and O–H groups in total. The second-order valence-corrected chi connectivity index (χ2v) is 9.69. The van der Waals surface area contributed by atoms with Gasteiger partial charge in [0.1, 0.15) is 0 Å². The number of benzene rings is 1. The van der Waals surface area contributed by atoms with E-state index in [1.165, 1.54) is 21.3 Å². The highest BCUT2D eigenvalue weighted by atomic mass is 32.2. The Morgan fingerprint density at radius 2 is 1.83 bits per heavy atom. The van der Waals surface area contributed by atoms with Gasteiger partial charge in [-0.3, -0.25) is 4.79 Å². The second kappa shape index (κ2) is 8.54. The number of carbonyl (C=O) groups excluding carboxylic acids is 1. The number of likely N-dealkylation sites (tertiary alicyclic amines) is 1. The van der Waals surface area contributed by atoms with E-state index in [4.69, 9.17) is 14.2 Å². The molecule has 1 aromatic heterocycles. The minimum absolute atomic E-state index is 0.171.